The molecule has 2 aromatic heterocycles. The normalized spacial score (nSPS) is 19.3. The summed E-state index contributed by atoms with van der Waals surface area (Å²) in [4.78, 5) is 33.6. The number of benzene rings is 1. The molecule has 3 aromatic rings. The maximum atomic E-state index is 14.5. The SMILES string of the molecule is CC(C)(C)OC(=O)N1CC[C@@H](CNc2cc(N(C(=O)OC(C)(C)C)c3cc(F)cc(F)c3)n3ncc(C4CCC4)c3n2)[C@H](O)C1. The summed E-state index contributed by atoms with van der Waals surface area (Å²) in [6.07, 6.45) is 3.15. The van der Waals surface area contributed by atoms with E-state index < -0.39 is 41.1 Å². The number of nitrogens with one attached hydrogen (secondary N) is 1. The van der Waals surface area contributed by atoms with Crippen LogP contribution in [0.1, 0.15) is 78.7 Å². The van der Waals surface area contributed by atoms with Crippen molar-refractivity contribution in [3.05, 3.63) is 47.7 Å². The molecule has 2 aliphatic rings. The van der Waals surface area contributed by atoms with Gasteiger partial charge in [-0.3, -0.25) is 0 Å². The van der Waals surface area contributed by atoms with E-state index in [0.717, 1.165) is 47.9 Å². The number of aromatic nitrogens is 3. The van der Waals surface area contributed by atoms with E-state index in [-0.39, 0.29) is 29.9 Å². The van der Waals surface area contributed by atoms with Crippen LogP contribution in [0.15, 0.2) is 30.5 Å². The van der Waals surface area contributed by atoms with E-state index in [1.54, 1.807) is 53.8 Å². The zero-order valence-corrected chi connectivity index (χ0v) is 26.6. The van der Waals surface area contributed by atoms with Crippen LogP contribution in [0.2, 0.25) is 0 Å². The predicted molar refractivity (Wildman–Crippen MR) is 165 cm³/mol. The number of β-amino-alcohol motifs (C(OH)–C–C–N with tert-alkyl or cyclic N) is 1. The van der Waals surface area contributed by atoms with Gasteiger partial charge in [0, 0.05) is 36.7 Å². The van der Waals surface area contributed by atoms with Gasteiger partial charge in [0.25, 0.3) is 0 Å². The van der Waals surface area contributed by atoms with Gasteiger partial charge in [0.1, 0.15) is 34.5 Å². The molecule has 1 saturated heterocycles. The first-order chi connectivity index (χ1) is 21.1. The zero-order chi connectivity index (χ0) is 32.7. The van der Waals surface area contributed by atoms with E-state index in [0.29, 0.717) is 31.0 Å². The van der Waals surface area contributed by atoms with Gasteiger partial charge >= 0.3 is 12.2 Å². The molecular formula is C32H42F2N6O5. The molecule has 2 amide bonds. The minimum absolute atomic E-state index is 0.0779. The number of carbonyl (C=O) groups is 2. The number of nitrogens with zero attached hydrogens (tertiary/aromatic N) is 5. The maximum absolute atomic E-state index is 14.5. The van der Waals surface area contributed by atoms with Crippen molar-refractivity contribution in [3.8, 4) is 0 Å². The fourth-order valence-corrected chi connectivity index (χ4v) is 5.47. The van der Waals surface area contributed by atoms with E-state index >= 15 is 0 Å². The number of hydrogen-bond donors (Lipinski definition) is 2. The second kappa shape index (κ2) is 12.4. The Morgan fingerprint density at radius 1 is 1.02 bits per heavy atom. The van der Waals surface area contributed by atoms with Crippen LogP contribution in [-0.4, -0.2) is 73.7 Å². The highest BCUT2D eigenvalue weighted by molar-refractivity contribution is 5.96. The molecule has 1 aliphatic heterocycles. The molecule has 244 valence electrons. The smallest absolute Gasteiger partial charge is 0.420 e. The highest BCUT2D eigenvalue weighted by atomic mass is 19.1. The number of aliphatic hydroxyl groups is 1. The van der Waals surface area contributed by atoms with Crippen molar-refractivity contribution in [2.24, 2.45) is 5.92 Å². The van der Waals surface area contributed by atoms with Gasteiger partial charge in [-0.2, -0.15) is 9.61 Å². The summed E-state index contributed by atoms with van der Waals surface area (Å²) in [6, 6.07) is 4.41. The number of hydrogen-bond acceptors (Lipinski definition) is 8. The van der Waals surface area contributed by atoms with Crippen LogP contribution >= 0.6 is 0 Å². The highest BCUT2D eigenvalue weighted by Crippen LogP contribution is 2.40. The monoisotopic (exact) mass is 628 g/mol. The lowest BCUT2D eigenvalue weighted by Gasteiger charge is -2.36. The van der Waals surface area contributed by atoms with E-state index in [1.807, 2.05) is 0 Å². The average molecular weight is 629 g/mol. The Morgan fingerprint density at radius 2 is 1.69 bits per heavy atom. The van der Waals surface area contributed by atoms with Crippen LogP contribution in [-0.2, 0) is 9.47 Å². The Hall–Kier alpha value is -4.00. The van der Waals surface area contributed by atoms with Crippen LogP contribution in [0.25, 0.3) is 5.65 Å². The molecule has 13 heteroatoms. The molecule has 1 saturated carbocycles. The molecule has 2 fully saturated rings. The summed E-state index contributed by atoms with van der Waals surface area (Å²) < 4.78 is 41.5. The highest BCUT2D eigenvalue weighted by Gasteiger charge is 2.34. The summed E-state index contributed by atoms with van der Waals surface area (Å²) in [7, 11) is 0. The van der Waals surface area contributed by atoms with Gasteiger partial charge in [-0.15, -0.1) is 0 Å². The number of likely N-dealkylation sites (tertiary alicyclic amines) is 1. The molecular weight excluding hydrogens is 586 g/mol. The third-order valence-corrected chi connectivity index (χ3v) is 7.85. The Kier molecular flexibility index (Phi) is 8.94. The molecule has 45 heavy (non-hydrogen) atoms. The second-order valence-corrected chi connectivity index (χ2v) is 13.8. The molecule has 5 rings (SSSR count). The molecule has 2 atom stereocenters. The average Bonchev–Trinajstić information content (AvgIpc) is 3.28. The van der Waals surface area contributed by atoms with Crippen LogP contribution in [0.4, 0.5) is 35.7 Å². The molecule has 1 aliphatic carbocycles. The lowest BCUT2D eigenvalue weighted by Crippen LogP contribution is -2.49. The lowest BCUT2D eigenvalue weighted by atomic mass is 9.81. The summed E-state index contributed by atoms with van der Waals surface area (Å²) in [5.41, 5.74) is -0.207. The van der Waals surface area contributed by atoms with Gasteiger partial charge in [0.2, 0.25) is 0 Å². The number of piperidine rings is 1. The van der Waals surface area contributed by atoms with Crippen LogP contribution in [0.3, 0.4) is 0 Å². The van der Waals surface area contributed by atoms with Gasteiger partial charge < -0.3 is 24.8 Å². The number of aliphatic hydroxyl groups excluding tert-OH is 1. The van der Waals surface area contributed by atoms with Crippen molar-refractivity contribution in [1.82, 2.24) is 19.5 Å². The first-order valence-electron chi connectivity index (χ1n) is 15.4. The number of ether oxygens (including phenoxy) is 2. The van der Waals surface area contributed by atoms with Crippen LogP contribution in [0, 0.1) is 17.6 Å². The summed E-state index contributed by atoms with van der Waals surface area (Å²) >= 11 is 0. The van der Waals surface area contributed by atoms with Crippen molar-refractivity contribution in [2.45, 2.75) is 90.4 Å². The molecule has 0 radical (unpaired) electrons. The minimum atomic E-state index is -0.903. The van der Waals surface area contributed by atoms with E-state index in [9.17, 15) is 23.5 Å². The largest absolute Gasteiger partial charge is 0.444 e. The lowest BCUT2D eigenvalue weighted by molar-refractivity contribution is -0.0104. The third kappa shape index (κ3) is 7.63. The summed E-state index contributed by atoms with van der Waals surface area (Å²) in [5, 5.41) is 18.8. The Balaban J connectivity index is 1.48. The first-order valence-corrected chi connectivity index (χ1v) is 15.4. The van der Waals surface area contributed by atoms with Gasteiger partial charge in [0.15, 0.2) is 5.65 Å². The predicted octanol–water partition coefficient (Wildman–Crippen LogP) is 6.38. The van der Waals surface area contributed by atoms with Crippen molar-refractivity contribution in [2.75, 3.05) is 29.9 Å². The topological polar surface area (TPSA) is 122 Å². The van der Waals surface area contributed by atoms with Crippen molar-refractivity contribution >= 4 is 35.2 Å². The number of rotatable bonds is 6. The van der Waals surface area contributed by atoms with E-state index in [2.05, 4.69) is 10.4 Å². The minimum Gasteiger partial charge on any atom is -0.444 e. The third-order valence-electron chi connectivity index (χ3n) is 7.85. The summed E-state index contributed by atoms with van der Waals surface area (Å²) in [6.45, 7) is 11.4. The standard InChI is InChI=1S/C32H42F2N6O5/c1-31(2,3)44-29(42)38-11-10-20(25(41)18-38)16-35-26-15-27(40-28(37-26)24(17-36-40)19-8-7-9-19)39(30(43)45-32(4,5)6)23-13-21(33)12-22(34)14-23/h12-15,17,19-20,25,41H,7-11,16,18H2,1-6H3,(H,35,37)/t20-,25+/m0/s1. The van der Waals surface area contributed by atoms with Crippen molar-refractivity contribution < 1.29 is 33.0 Å². The van der Waals surface area contributed by atoms with Gasteiger partial charge in [-0.25, -0.2) is 28.3 Å². The Labute approximate surface area is 261 Å². The number of anilines is 3. The number of halogens is 2. The fourth-order valence-electron chi connectivity index (χ4n) is 5.47. The molecule has 0 spiro atoms. The maximum Gasteiger partial charge on any atom is 0.420 e. The van der Waals surface area contributed by atoms with Crippen LogP contribution in [0.5, 0.6) is 0 Å². The van der Waals surface area contributed by atoms with Gasteiger partial charge in [-0.05, 0) is 78.9 Å². The second-order valence-electron chi connectivity index (χ2n) is 13.8. The zero-order valence-electron chi connectivity index (χ0n) is 26.6. The quantitative estimate of drug-likeness (QED) is 0.323. The fraction of sp³-hybridized carbons (Fsp3) is 0.562. The number of amides is 2. The first kappa shape index (κ1) is 32.4. The van der Waals surface area contributed by atoms with Crippen LogP contribution < -0.4 is 10.2 Å². The summed E-state index contributed by atoms with van der Waals surface area (Å²) in [5.74, 6) is -1.12. The molecule has 11 nitrogen and oxygen atoms in total. The molecule has 3 heterocycles. The Morgan fingerprint density at radius 3 is 2.27 bits per heavy atom. The molecule has 1 aromatic carbocycles. The number of fused-ring (bicyclic) bond motifs is 1. The Bertz CT molecular complexity index is 1540. The molecule has 0 bridgehead atoms. The van der Waals surface area contributed by atoms with Gasteiger partial charge in [0.05, 0.1) is 24.5 Å². The van der Waals surface area contributed by atoms with E-state index in [4.69, 9.17) is 14.5 Å². The van der Waals surface area contributed by atoms with Crippen molar-refractivity contribution in [3.63, 3.8) is 0 Å². The molecule has 2 N–H and O–H groups in total. The van der Waals surface area contributed by atoms with Crippen molar-refractivity contribution in [1.29, 1.82) is 0 Å². The van der Waals surface area contributed by atoms with Gasteiger partial charge in [-0.1, -0.05) is 6.42 Å². The number of carbonyl (C=O) groups excluding carboxylic acids is 2. The van der Waals surface area contributed by atoms with E-state index in [1.165, 1.54) is 9.42 Å². The molecule has 0 unspecified atom stereocenters.